The molecule has 14 atom stereocenters. The van der Waals surface area contributed by atoms with Gasteiger partial charge >= 0.3 is 0 Å². The van der Waals surface area contributed by atoms with E-state index in [1.165, 1.54) is 148 Å². The lowest BCUT2D eigenvalue weighted by molar-refractivity contribution is -0.332. The second-order valence-electron chi connectivity index (χ2n) is 20.7. The number of carbonyl (C=O) groups excluding carboxylic acids is 1. The third-order valence-corrected chi connectivity index (χ3v) is 14.5. The first kappa shape index (κ1) is 65.0. The summed E-state index contributed by atoms with van der Waals surface area (Å²) in [6, 6.07) is -1.28. The summed E-state index contributed by atoms with van der Waals surface area (Å²) in [5.41, 5.74) is 0. The van der Waals surface area contributed by atoms with Gasteiger partial charge in [-0.2, -0.15) is 0 Å². The van der Waals surface area contributed by atoms with Crippen LogP contribution in [0.5, 0.6) is 0 Å². The number of rotatable bonds is 46. The molecule has 2 fully saturated rings. The predicted molar refractivity (Wildman–Crippen MR) is 271 cm³/mol. The summed E-state index contributed by atoms with van der Waals surface area (Å²) in [6.07, 6.45) is 18.3. The highest BCUT2D eigenvalue weighted by Crippen LogP contribution is 2.31. The van der Waals surface area contributed by atoms with Crippen LogP contribution in [0.3, 0.4) is 0 Å². The number of amides is 1. The minimum absolute atomic E-state index is 0.204. The van der Waals surface area contributed by atoms with Crippen LogP contribution in [0.15, 0.2) is 0 Å². The minimum atomic E-state index is -1.82. The zero-order valence-electron chi connectivity index (χ0n) is 43.8. The Morgan fingerprint density at radius 1 is 0.514 bits per heavy atom. The van der Waals surface area contributed by atoms with Gasteiger partial charge in [-0.05, 0) is 12.8 Å². The molecule has 0 aliphatic carbocycles. The third-order valence-electron chi connectivity index (χ3n) is 14.5. The van der Waals surface area contributed by atoms with Crippen LogP contribution < -0.4 is 5.32 Å². The Bertz CT molecular complexity index is 1220. The van der Waals surface area contributed by atoms with Crippen molar-refractivity contribution in [2.45, 2.75) is 318 Å². The molecule has 416 valence electrons. The van der Waals surface area contributed by atoms with E-state index in [1.54, 1.807) is 0 Å². The summed E-state index contributed by atoms with van der Waals surface area (Å²) in [5, 5.41) is 109. The summed E-state index contributed by atoms with van der Waals surface area (Å²) < 4.78 is 22.6. The summed E-state index contributed by atoms with van der Waals surface area (Å²) in [5.74, 6) is -0.760. The Morgan fingerprint density at radius 3 is 1.34 bits per heavy atom. The fourth-order valence-corrected chi connectivity index (χ4v) is 9.77. The molecule has 1 amide bonds. The molecule has 16 heteroatoms. The van der Waals surface area contributed by atoms with E-state index in [1.807, 2.05) is 0 Å². The number of hydrogen-bond acceptors (Lipinski definition) is 15. The molecule has 2 aliphatic rings. The highest BCUT2D eigenvalue weighted by atomic mass is 16.7. The number of unbranched alkanes of at least 4 members (excludes halogenated alkanes) is 30. The number of aliphatic hydroxyl groups excluding tert-OH is 10. The van der Waals surface area contributed by atoms with E-state index >= 15 is 0 Å². The molecule has 14 unspecified atom stereocenters. The first-order valence-electron chi connectivity index (χ1n) is 28.5. The Labute approximate surface area is 422 Å². The van der Waals surface area contributed by atoms with Gasteiger partial charge in [-0.3, -0.25) is 4.79 Å². The second-order valence-corrected chi connectivity index (χ2v) is 20.7. The highest BCUT2D eigenvalue weighted by molar-refractivity contribution is 5.80. The Hall–Kier alpha value is -1.09. The van der Waals surface area contributed by atoms with Gasteiger partial charge in [0.1, 0.15) is 61.0 Å². The number of hydrogen-bond donors (Lipinski definition) is 11. The van der Waals surface area contributed by atoms with Gasteiger partial charge in [0.05, 0.1) is 32.0 Å². The molecule has 2 heterocycles. The number of aliphatic hydroxyl groups is 10. The highest BCUT2D eigenvalue weighted by Gasteiger charge is 2.52. The van der Waals surface area contributed by atoms with Gasteiger partial charge in [-0.1, -0.05) is 219 Å². The van der Waals surface area contributed by atoms with E-state index in [0.29, 0.717) is 12.8 Å². The van der Waals surface area contributed by atoms with Crippen molar-refractivity contribution in [3.63, 3.8) is 0 Å². The predicted octanol–water partition coefficient (Wildman–Crippen LogP) is 6.50. The van der Waals surface area contributed by atoms with Crippen LogP contribution in [0, 0.1) is 0 Å². The Morgan fingerprint density at radius 2 is 0.929 bits per heavy atom. The van der Waals surface area contributed by atoms with Crippen LogP contribution in [0.2, 0.25) is 0 Å². The lowest BCUT2D eigenvalue weighted by Gasteiger charge is -2.43. The van der Waals surface area contributed by atoms with Crippen molar-refractivity contribution in [3.05, 3.63) is 0 Å². The molecule has 2 saturated heterocycles. The van der Waals surface area contributed by atoms with Crippen molar-refractivity contribution in [3.8, 4) is 0 Å². The summed E-state index contributed by atoms with van der Waals surface area (Å²) in [6.45, 7) is 2.40. The van der Waals surface area contributed by atoms with Gasteiger partial charge < -0.3 is 75.3 Å². The maximum atomic E-state index is 13.4. The molecule has 16 nitrogen and oxygen atoms in total. The van der Waals surface area contributed by atoms with Crippen molar-refractivity contribution < 1.29 is 74.8 Å². The van der Waals surface area contributed by atoms with Gasteiger partial charge in [-0.25, -0.2) is 0 Å². The lowest BCUT2D eigenvalue weighted by atomic mass is 9.98. The van der Waals surface area contributed by atoms with E-state index in [2.05, 4.69) is 19.2 Å². The van der Waals surface area contributed by atoms with Gasteiger partial charge in [-0.15, -0.1) is 0 Å². The van der Waals surface area contributed by atoms with Crippen molar-refractivity contribution >= 4 is 5.91 Å². The molecule has 0 aromatic carbocycles. The van der Waals surface area contributed by atoms with Crippen LogP contribution >= 0.6 is 0 Å². The smallest absolute Gasteiger partial charge is 0.249 e. The topological polar surface area (TPSA) is 268 Å². The zero-order chi connectivity index (χ0) is 51.4. The van der Waals surface area contributed by atoms with Crippen molar-refractivity contribution in [1.82, 2.24) is 5.32 Å². The summed E-state index contributed by atoms with van der Waals surface area (Å²) in [7, 11) is 0. The SMILES string of the molecule is CCCCCCCCCCCCCCCCCCCCC(O)C(=O)NC(COC1OC(CO)C(O)C(OC2OC(C(O)CO)C(O)C2O)C1O)C(O)C(O)CCCCCCCCCCCCCCCC. The molecule has 0 aromatic rings. The second kappa shape index (κ2) is 41.2. The van der Waals surface area contributed by atoms with Crippen molar-refractivity contribution in [1.29, 1.82) is 0 Å². The van der Waals surface area contributed by atoms with Gasteiger partial charge in [0.2, 0.25) is 5.91 Å². The molecule has 70 heavy (non-hydrogen) atoms. The average molecular weight is 1010 g/mol. The molecule has 2 rings (SSSR count). The minimum Gasteiger partial charge on any atom is -0.394 e. The maximum absolute atomic E-state index is 13.4. The molecule has 0 spiro atoms. The number of carbonyl (C=O) groups is 1. The van der Waals surface area contributed by atoms with E-state index in [-0.39, 0.29) is 12.8 Å². The Balaban J connectivity index is 1.88. The van der Waals surface area contributed by atoms with Crippen LogP contribution in [0.25, 0.3) is 0 Å². The van der Waals surface area contributed by atoms with Gasteiger partial charge in [0, 0.05) is 0 Å². The van der Waals surface area contributed by atoms with Gasteiger partial charge in [0.25, 0.3) is 0 Å². The zero-order valence-corrected chi connectivity index (χ0v) is 43.8. The van der Waals surface area contributed by atoms with E-state index in [0.717, 1.165) is 44.9 Å². The summed E-state index contributed by atoms with van der Waals surface area (Å²) in [4.78, 5) is 13.4. The number of nitrogens with one attached hydrogen (secondary N) is 1. The summed E-state index contributed by atoms with van der Waals surface area (Å²) >= 11 is 0. The largest absolute Gasteiger partial charge is 0.394 e. The van der Waals surface area contributed by atoms with Gasteiger partial charge in [0.15, 0.2) is 12.6 Å². The molecular formula is C54H105NO15. The molecule has 0 aromatic heterocycles. The third kappa shape index (κ3) is 26.9. The average Bonchev–Trinajstić information content (AvgIpc) is 3.64. The molecule has 11 N–H and O–H groups in total. The normalized spacial score (nSPS) is 26.0. The molecule has 2 aliphatic heterocycles. The first-order valence-corrected chi connectivity index (χ1v) is 28.5. The van der Waals surface area contributed by atoms with Crippen LogP contribution in [-0.2, 0) is 23.7 Å². The number of ether oxygens (including phenoxy) is 4. The quantitative estimate of drug-likeness (QED) is 0.0291. The van der Waals surface area contributed by atoms with E-state index in [9.17, 15) is 55.9 Å². The monoisotopic (exact) mass is 1010 g/mol. The van der Waals surface area contributed by atoms with E-state index in [4.69, 9.17) is 18.9 Å². The fourth-order valence-electron chi connectivity index (χ4n) is 9.77. The maximum Gasteiger partial charge on any atom is 0.249 e. The Kier molecular flexibility index (Phi) is 38.3. The molecule has 0 saturated carbocycles. The van der Waals surface area contributed by atoms with Crippen LogP contribution in [0.1, 0.15) is 232 Å². The van der Waals surface area contributed by atoms with Crippen LogP contribution in [0.4, 0.5) is 0 Å². The van der Waals surface area contributed by atoms with Crippen molar-refractivity contribution in [2.24, 2.45) is 0 Å². The van der Waals surface area contributed by atoms with Crippen LogP contribution in [-0.4, -0.2) is 163 Å². The first-order chi connectivity index (χ1) is 33.9. The van der Waals surface area contributed by atoms with E-state index < -0.39 is 111 Å². The molecular weight excluding hydrogens is 903 g/mol. The molecule has 0 radical (unpaired) electrons. The lowest BCUT2D eigenvalue weighted by Crippen LogP contribution is -2.62. The standard InChI is InChI=1S/C54H105NO15/c1-3-5-7-9-11-13-15-17-19-20-21-22-24-26-28-30-32-34-36-42(59)52(66)55-40(45(61)41(58)35-33-31-29-27-25-23-18-16-14-12-10-8-6-4-2)39-67-53-49(65)51(46(62)44(38-57)68-53)70-54-48(64)47(63)50(69-54)43(60)37-56/h40-51,53-54,56-65H,3-39H2,1-2H3,(H,55,66). The fraction of sp³-hybridized carbons (Fsp3) is 0.981. The van der Waals surface area contributed by atoms with Crippen molar-refractivity contribution in [2.75, 3.05) is 19.8 Å². The molecule has 0 bridgehead atoms.